The Bertz CT molecular complexity index is 1440. The van der Waals surface area contributed by atoms with E-state index in [4.69, 9.17) is 10.2 Å². The smallest absolute Gasteiger partial charge is 0.337 e. The molecule has 2 aromatic carbocycles. The van der Waals surface area contributed by atoms with E-state index >= 15 is 0 Å². The van der Waals surface area contributed by atoms with Crippen molar-refractivity contribution < 1.29 is 14.3 Å². The largest absolute Gasteiger partial charge is 0.478 e. The molecule has 0 bridgehead atoms. The Hall–Kier alpha value is -4.39. The highest BCUT2D eigenvalue weighted by atomic mass is 16.4. The van der Waals surface area contributed by atoms with Crippen LogP contribution in [0.2, 0.25) is 0 Å². The van der Waals surface area contributed by atoms with Crippen LogP contribution in [-0.2, 0) is 0 Å². The second-order valence-electron chi connectivity index (χ2n) is 7.72. The lowest BCUT2D eigenvalue weighted by Crippen LogP contribution is -2.12. The van der Waals surface area contributed by atoms with Crippen molar-refractivity contribution in [1.82, 2.24) is 4.98 Å². The Labute approximate surface area is 190 Å². The summed E-state index contributed by atoms with van der Waals surface area (Å²) in [6.07, 6.45) is 4.66. The Morgan fingerprint density at radius 2 is 1.97 bits per heavy atom. The molecule has 0 saturated carbocycles. The highest BCUT2D eigenvalue weighted by Crippen LogP contribution is 2.32. The first-order valence-corrected chi connectivity index (χ1v) is 10.4. The fourth-order valence-electron chi connectivity index (χ4n) is 3.85. The number of nitrogens with two attached hydrogens (primary N) is 1. The van der Waals surface area contributed by atoms with Crippen LogP contribution < -0.4 is 16.5 Å². The van der Waals surface area contributed by atoms with Crippen molar-refractivity contribution in [3.8, 4) is 11.3 Å². The average Bonchev–Trinajstić information content (AvgIpc) is 2.80. The number of pyridine rings is 1. The van der Waals surface area contributed by atoms with E-state index in [1.165, 1.54) is 12.3 Å². The molecular weight excluding hydrogens is 418 g/mol. The number of aromatic nitrogens is 1. The summed E-state index contributed by atoms with van der Waals surface area (Å²) in [6, 6.07) is 15.1. The standard InChI is InChI=1S/C26H23N3O4/c1-15-12-19(16(2)29-22-8-4-3-6-18(22)26(31)32)25-20(13-15)23(30)14-24(33-25)17-7-5-11-28-21(17)9-10-27/h3-14,16,29H,27H2,1-2H3,(H,31,32)/b10-9-. The molecule has 33 heavy (non-hydrogen) atoms. The van der Waals surface area contributed by atoms with Crippen molar-refractivity contribution >= 4 is 28.7 Å². The number of carboxylic acid groups (broad SMARTS) is 1. The van der Waals surface area contributed by atoms with Crippen molar-refractivity contribution in [3.05, 3.63) is 99.6 Å². The van der Waals surface area contributed by atoms with Crippen molar-refractivity contribution in [1.29, 1.82) is 0 Å². The number of nitrogens with zero attached hydrogens (tertiary/aromatic N) is 1. The predicted octanol–water partition coefficient (Wildman–Crippen LogP) is 4.96. The van der Waals surface area contributed by atoms with Gasteiger partial charge in [0.15, 0.2) is 5.43 Å². The zero-order valence-corrected chi connectivity index (χ0v) is 18.2. The maximum Gasteiger partial charge on any atom is 0.337 e. The van der Waals surface area contributed by atoms with Crippen LogP contribution in [0.5, 0.6) is 0 Å². The summed E-state index contributed by atoms with van der Waals surface area (Å²) < 4.78 is 6.27. The molecular formula is C26H23N3O4. The van der Waals surface area contributed by atoms with Gasteiger partial charge < -0.3 is 20.6 Å². The second kappa shape index (κ2) is 9.00. The van der Waals surface area contributed by atoms with E-state index < -0.39 is 5.97 Å². The number of anilines is 1. The van der Waals surface area contributed by atoms with E-state index in [1.54, 1.807) is 48.7 Å². The molecule has 166 valence electrons. The van der Waals surface area contributed by atoms with Gasteiger partial charge in [0.25, 0.3) is 0 Å². The number of fused-ring (bicyclic) bond motifs is 1. The highest BCUT2D eigenvalue weighted by Gasteiger charge is 2.19. The lowest BCUT2D eigenvalue weighted by molar-refractivity contribution is 0.0698. The van der Waals surface area contributed by atoms with Crippen LogP contribution in [0.25, 0.3) is 28.4 Å². The van der Waals surface area contributed by atoms with Crippen LogP contribution in [0.3, 0.4) is 0 Å². The van der Waals surface area contributed by atoms with Crippen LogP contribution in [-0.4, -0.2) is 16.1 Å². The van der Waals surface area contributed by atoms with E-state index in [0.717, 1.165) is 11.1 Å². The topological polar surface area (TPSA) is 118 Å². The van der Waals surface area contributed by atoms with Gasteiger partial charge >= 0.3 is 5.97 Å². The lowest BCUT2D eigenvalue weighted by Gasteiger charge is -2.19. The maximum atomic E-state index is 13.0. The first-order chi connectivity index (χ1) is 15.9. The van der Waals surface area contributed by atoms with E-state index in [2.05, 4.69) is 10.3 Å². The molecule has 0 spiro atoms. The quantitative estimate of drug-likeness (QED) is 0.387. The Balaban J connectivity index is 1.88. The highest BCUT2D eigenvalue weighted by molar-refractivity contribution is 5.94. The first kappa shape index (κ1) is 21.8. The molecule has 0 amide bonds. The normalized spacial score (nSPS) is 12.2. The van der Waals surface area contributed by atoms with Gasteiger partial charge in [-0.05, 0) is 62.0 Å². The molecule has 4 aromatic rings. The summed E-state index contributed by atoms with van der Waals surface area (Å²) in [5.41, 5.74) is 9.30. The zero-order valence-electron chi connectivity index (χ0n) is 18.2. The van der Waals surface area contributed by atoms with E-state index in [1.807, 2.05) is 26.0 Å². The van der Waals surface area contributed by atoms with E-state index in [9.17, 15) is 14.7 Å². The van der Waals surface area contributed by atoms with Gasteiger partial charge in [0.1, 0.15) is 11.3 Å². The van der Waals surface area contributed by atoms with E-state index in [0.29, 0.717) is 33.7 Å². The minimum absolute atomic E-state index is 0.164. The number of hydrogen-bond donors (Lipinski definition) is 3. The molecule has 0 fully saturated rings. The van der Waals surface area contributed by atoms with Gasteiger partial charge in [0.05, 0.1) is 22.7 Å². The number of rotatable bonds is 6. The van der Waals surface area contributed by atoms with E-state index in [-0.39, 0.29) is 17.0 Å². The Morgan fingerprint density at radius 3 is 2.73 bits per heavy atom. The molecule has 2 heterocycles. The third kappa shape index (κ3) is 4.34. The minimum atomic E-state index is -1.02. The molecule has 7 nitrogen and oxygen atoms in total. The summed E-state index contributed by atoms with van der Waals surface area (Å²) in [6.45, 7) is 3.80. The Morgan fingerprint density at radius 1 is 1.18 bits per heavy atom. The van der Waals surface area contributed by atoms with Crippen molar-refractivity contribution in [2.24, 2.45) is 5.73 Å². The van der Waals surface area contributed by atoms with Gasteiger partial charge in [0.2, 0.25) is 0 Å². The number of carboxylic acids is 1. The van der Waals surface area contributed by atoms with Gasteiger partial charge in [-0.3, -0.25) is 9.78 Å². The minimum Gasteiger partial charge on any atom is -0.478 e. The van der Waals surface area contributed by atoms with Crippen molar-refractivity contribution in [2.75, 3.05) is 5.32 Å². The molecule has 0 aliphatic carbocycles. The molecule has 7 heteroatoms. The van der Waals surface area contributed by atoms with Crippen LogP contribution >= 0.6 is 0 Å². The van der Waals surface area contributed by atoms with Crippen LogP contribution in [0.15, 0.2) is 76.2 Å². The van der Waals surface area contributed by atoms with Crippen LogP contribution in [0, 0.1) is 6.92 Å². The molecule has 4 N–H and O–H groups in total. The monoisotopic (exact) mass is 441 g/mol. The molecule has 0 radical (unpaired) electrons. The molecule has 1 atom stereocenters. The maximum absolute atomic E-state index is 13.0. The summed E-state index contributed by atoms with van der Waals surface area (Å²) >= 11 is 0. The molecule has 1 unspecified atom stereocenters. The summed E-state index contributed by atoms with van der Waals surface area (Å²) in [5.74, 6) is -0.651. The molecule has 0 aliphatic heterocycles. The molecule has 2 aromatic heterocycles. The zero-order chi connectivity index (χ0) is 23.5. The third-order valence-electron chi connectivity index (χ3n) is 5.36. The number of carbonyl (C=O) groups is 1. The van der Waals surface area contributed by atoms with Gasteiger partial charge in [0, 0.05) is 29.1 Å². The number of aryl methyl sites for hydroxylation is 1. The third-order valence-corrected chi connectivity index (χ3v) is 5.36. The fourth-order valence-corrected chi connectivity index (χ4v) is 3.85. The fraction of sp³-hybridized carbons (Fsp3) is 0.115. The first-order valence-electron chi connectivity index (χ1n) is 10.4. The summed E-state index contributed by atoms with van der Waals surface area (Å²) in [7, 11) is 0. The summed E-state index contributed by atoms with van der Waals surface area (Å²) in [5, 5.41) is 13.2. The molecule has 0 aliphatic rings. The summed E-state index contributed by atoms with van der Waals surface area (Å²) in [4.78, 5) is 29.0. The Kier molecular flexibility index (Phi) is 5.95. The second-order valence-corrected chi connectivity index (χ2v) is 7.72. The SMILES string of the molecule is Cc1cc(C(C)Nc2ccccc2C(=O)O)c2oc(-c3cccnc3/C=C\N)cc(=O)c2c1. The lowest BCUT2D eigenvalue weighted by atomic mass is 10.00. The average molecular weight is 441 g/mol. The predicted molar refractivity (Wildman–Crippen MR) is 129 cm³/mol. The number of aromatic carboxylic acids is 1. The molecule has 4 rings (SSSR count). The van der Waals surface area contributed by atoms with Crippen molar-refractivity contribution in [3.63, 3.8) is 0 Å². The van der Waals surface area contributed by atoms with Gasteiger partial charge in [-0.25, -0.2) is 4.79 Å². The number of para-hydroxylation sites is 1. The number of hydrogen-bond acceptors (Lipinski definition) is 6. The van der Waals surface area contributed by atoms with Gasteiger partial charge in [-0.2, -0.15) is 0 Å². The van der Waals surface area contributed by atoms with Gasteiger partial charge in [-0.1, -0.05) is 18.2 Å². The number of nitrogens with one attached hydrogen (secondary N) is 1. The van der Waals surface area contributed by atoms with Crippen molar-refractivity contribution in [2.45, 2.75) is 19.9 Å². The van der Waals surface area contributed by atoms with Crippen LogP contribution in [0.1, 0.15) is 40.1 Å². The van der Waals surface area contributed by atoms with Crippen LogP contribution in [0.4, 0.5) is 5.69 Å². The molecule has 0 saturated heterocycles. The van der Waals surface area contributed by atoms with Gasteiger partial charge in [-0.15, -0.1) is 0 Å². The number of benzene rings is 2.